The minimum absolute atomic E-state index is 0.269. The molecule has 3 aromatic rings. The van der Waals surface area contributed by atoms with E-state index in [1.165, 1.54) is 41.7 Å². The highest BCUT2D eigenvalue weighted by molar-refractivity contribution is 7.22. The van der Waals surface area contributed by atoms with Crippen LogP contribution in [0.1, 0.15) is 0 Å². The third-order valence-electron chi connectivity index (χ3n) is 2.52. The molecule has 0 bridgehead atoms. The number of anilines is 2. The summed E-state index contributed by atoms with van der Waals surface area (Å²) in [5, 5.41) is 3.84. The number of thiazole rings is 1. The van der Waals surface area contributed by atoms with Gasteiger partial charge in [0.1, 0.15) is 11.6 Å². The molecule has 0 aliphatic carbocycles. The SMILES string of the molecule is Fc1ccc(Nc2nc3cc(F)ccc3s2)c(Cl)c1. The van der Waals surface area contributed by atoms with Gasteiger partial charge in [0.2, 0.25) is 0 Å². The Kier molecular flexibility index (Phi) is 3.08. The normalized spacial score (nSPS) is 10.9. The van der Waals surface area contributed by atoms with Crippen LogP contribution in [0.4, 0.5) is 19.6 Å². The number of nitrogens with zero attached hydrogens (tertiary/aromatic N) is 1. The zero-order chi connectivity index (χ0) is 13.4. The maximum Gasteiger partial charge on any atom is 0.188 e. The van der Waals surface area contributed by atoms with Crippen molar-refractivity contribution in [2.45, 2.75) is 0 Å². The lowest BCUT2D eigenvalue weighted by atomic mass is 10.3. The minimum Gasteiger partial charge on any atom is -0.330 e. The number of rotatable bonds is 2. The van der Waals surface area contributed by atoms with E-state index in [0.29, 0.717) is 16.3 Å². The van der Waals surface area contributed by atoms with Crippen LogP contribution in [0.2, 0.25) is 5.02 Å². The van der Waals surface area contributed by atoms with Gasteiger partial charge >= 0.3 is 0 Å². The van der Waals surface area contributed by atoms with Gasteiger partial charge in [0, 0.05) is 6.07 Å². The molecule has 2 aromatic carbocycles. The topological polar surface area (TPSA) is 24.9 Å². The number of fused-ring (bicyclic) bond motifs is 1. The number of nitrogens with one attached hydrogen (secondary N) is 1. The van der Waals surface area contributed by atoms with Crippen LogP contribution in [0.25, 0.3) is 10.2 Å². The van der Waals surface area contributed by atoms with Gasteiger partial charge in [-0.25, -0.2) is 13.8 Å². The van der Waals surface area contributed by atoms with Crippen molar-refractivity contribution in [2.24, 2.45) is 0 Å². The Morgan fingerprint density at radius 2 is 1.79 bits per heavy atom. The fourth-order valence-corrected chi connectivity index (χ4v) is 2.73. The lowest BCUT2D eigenvalue weighted by Gasteiger charge is -2.04. The summed E-state index contributed by atoms with van der Waals surface area (Å²) in [5.74, 6) is -0.730. The third kappa shape index (κ3) is 2.52. The van der Waals surface area contributed by atoms with Crippen molar-refractivity contribution in [3.8, 4) is 0 Å². The van der Waals surface area contributed by atoms with E-state index in [9.17, 15) is 8.78 Å². The molecule has 19 heavy (non-hydrogen) atoms. The number of benzene rings is 2. The van der Waals surface area contributed by atoms with Crippen molar-refractivity contribution in [3.05, 3.63) is 53.1 Å². The number of hydrogen-bond donors (Lipinski definition) is 1. The molecule has 0 amide bonds. The molecule has 0 atom stereocenters. The molecule has 1 heterocycles. The Morgan fingerprint density at radius 3 is 2.58 bits per heavy atom. The van der Waals surface area contributed by atoms with Gasteiger partial charge in [-0.15, -0.1) is 0 Å². The van der Waals surface area contributed by atoms with E-state index in [4.69, 9.17) is 11.6 Å². The van der Waals surface area contributed by atoms with Crippen LogP contribution >= 0.6 is 22.9 Å². The largest absolute Gasteiger partial charge is 0.330 e. The second kappa shape index (κ2) is 4.75. The lowest BCUT2D eigenvalue weighted by molar-refractivity contribution is 0.628. The van der Waals surface area contributed by atoms with Crippen LogP contribution in [0.3, 0.4) is 0 Å². The monoisotopic (exact) mass is 296 g/mol. The van der Waals surface area contributed by atoms with Gasteiger partial charge < -0.3 is 5.32 Å². The first-order chi connectivity index (χ1) is 9.11. The average molecular weight is 297 g/mol. The number of hydrogen-bond acceptors (Lipinski definition) is 3. The average Bonchev–Trinajstić information content (AvgIpc) is 2.74. The van der Waals surface area contributed by atoms with Crippen molar-refractivity contribution in [3.63, 3.8) is 0 Å². The fourth-order valence-electron chi connectivity index (χ4n) is 1.66. The third-order valence-corrected chi connectivity index (χ3v) is 3.79. The maximum atomic E-state index is 13.1. The molecule has 0 radical (unpaired) electrons. The van der Waals surface area contributed by atoms with Crippen molar-refractivity contribution in [1.29, 1.82) is 0 Å². The van der Waals surface area contributed by atoms with E-state index >= 15 is 0 Å². The molecule has 1 N–H and O–H groups in total. The van der Waals surface area contributed by atoms with Gasteiger partial charge in [0.05, 0.1) is 20.9 Å². The Labute approximate surface area is 116 Å². The summed E-state index contributed by atoms with van der Waals surface area (Å²) >= 11 is 7.29. The van der Waals surface area contributed by atoms with E-state index in [2.05, 4.69) is 10.3 Å². The molecular formula is C13H7ClF2N2S. The molecule has 6 heteroatoms. The highest BCUT2D eigenvalue weighted by Crippen LogP contribution is 2.31. The van der Waals surface area contributed by atoms with Crippen LogP contribution in [0.15, 0.2) is 36.4 Å². The first-order valence-corrected chi connectivity index (χ1v) is 6.59. The Hall–Kier alpha value is -1.72. The summed E-state index contributed by atoms with van der Waals surface area (Å²) in [4.78, 5) is 4.25. The summed E-state index contributed by atoms with van der Waals surface area (Å²) in [6.07, 6.45) is 0. The minimum atomic E-state index is -0.401. The van der Waals surface area contributed by atoms with Gasteiger partial charge in [0.15, 0.2) is 5.13 Å². The summed E-state index contributed by atoms with van der Waals surface area (Å²) in [6, 6.07) is 8.47. The zero-order valence-corrected chi connectivity index (χ0v) is 11.0. The van der Waals surface area contributed by atoms with Crippen LogP contribution in [0, 0.1) is 11.6 Å². The zero-order valence-electron chi connectivity index (χ0n) is 9.45. The highest BCUT2D eigenvalue weighted by atomic mass is 35.5. The second-order valence-corrected chi connectivity index (χ2v) is 5.32. The smallest absolute Gasteiger partial charge is 0.188 e. The molecule has 0 saturated carbocycles. The summed E-state index contributed by atoms with van der Waals surface area (Å²) in [6.45, 7) is 0. The van der Waals surface area contributed by atoms with Crippen LogP contribution in [0.5, 0.6) is 0 Å². The van der Waals surface area contributed by atoms with Crippen LogP contribution in [-0.2, 0) is 0 Å². The molecule has 3 rings (SSSR count). The fraction of sp³-hybridized carbons (Fsp3) is 0. The van der Waals surface area contributed by atoms with Crippen LogP contribution < -0.4 is 5.32 Å². The first-order valence-electron chi connectivity index (χ1n) is 5.40. The standard InChI is InChI=1S/C13H7ClF2N2S/c14-9-5-7(15)1-3-10(9)17-13-18-11-6-8(16)2-4-12(11)19-13/h1-6H,(H,17,18). The maximum absolute atomic E-state index is 13.1. The molecule has 0 aliphatic heterocycles. The lowest BCUT2D eigenvalue weighted by Crippen LogP contribution is -1.90. The van der Waals surface area contributed by atoms with Gasteiger partial charge in [0.25, 0.3) is 0 Å². The Balaban J connectivity index is 1.96. The molecule has 0 unspecified atom stereocenters. The van der Waals surface area contributed by atoms with Crippen LogP contribution in [-0.4, -0.2) is 4.98 Å². The van der Waals surface area contributed by atoms with Crippen molar-refractivity contribution in [2.75, 3.05) is 5.32 Å². The highest BCUT2D eigenvalue weighted by Gasteiger charge is 2.07. The van der Waals surface area contributed by atoms with Gasteiger partial charge in [-0.1, -0.05) is 22.9 Å². The van der Waals surface area contributed by atoms with Gasteiger partial charge in [-0.05, 0) is 30.3 Å². The summed E-state index contributed by atoms with van der Waals surface area (Å²) in [5.41, 5.74) is 1.13. The summed E-state index contributed by atoms with van der Waals surface area (Å²) in [7, 11) is 0. The quantitative estimate of drug-likeness (QED) is 0.722. The van der Waals surface area contributed by atoms with E-state index in [1.54, 1.807) is 6.07 Å². The molecule has 0 aliphatic rings. The van der Waals surface area contributed by atoms with E-state index < -0.39 is 5.82 Å². The summed E-state index contributed by atoms with van der Waals surface area (Å²) < 4.78 is 26.9. The molecule has 1 aromatic heterocycles. The van der Waals surface area contributed by atoms with E-state index in [1.807, 2.05) is 0 Å². The molecule has 0 spiro atoms. The van der Waals surface area contributed by atoms with Crippen molar-refractivity contribution < 1.29 is 8.78 Å². The molecular weight excluding hydrogens is 290 g/mol. The second-order valence-electron chi connectivity index (χ2n) is 3.88. The van der Waals surface area contributed by atoms with E-state index in [-0.39, 0.29) is 10.8 Å². The van der Waals surface area contributed by atoms with E-state index in [0.717, 1.165) is 4.70 Å². The number of aromatic nitrogens is 1. The van der Waals surface area contributed by atoms with Crippen molar-refractivity contribution in [1.82, 2.24) is 4.98 Å². The molecule has 96 valence electrons. The molecule has 2 nitrogen and oxygen atoms in total. The molecule has 0 fully saturated rings. The molecule has 0 saturated heterocycles. The Bertz CT molecular complexity index is 757. The van der Waals surface area contributed by atoms with Crippen molar-refractivity contribution >= 4 is 44.0 Å². The predicted octanol–water partition coefficient (Wildman–Crippen LogP) is 4.97. The van der Waals surface area contributed by atoms with Gasteiger partial charge in [-0.2, -0.15) is 0 Å². The van der Waals surface area contributed by atoms with Gasteiger partial charge in [-0.3, -0.25) is 0 Å². The number of halogens is 3. The predicted molar refractivity (Wildman–Crippen MR) is 74.3 cm³/mol. The Morgan fingerprint density at radius 1 is 1.05 bits per heavy atom. The first kappa shape index (κ1) is 12.3.